The molecule has 18 heavy (non-hydrogen) atoms. The van der Waals surface area contributed by atoms with E-state index in [9.17, 15) is 8.42 Å². The van der Waals surface area contributed by atoms with Crippen LogP contribution in [0.1, 0.15) is 13.3 Å². The molecule has 0 bridgehead atoms. The molecule has 0 aliphatic heterocycles. The molecule has 1 aromatic heterocycles. The lowest BCUT2D eigenvalue weighted by atomic mass is 10.5. The molecule has 0 atom stereocenters. The Hall–Kier alpha value is -0.790. The molecular formula is C10H17ClN2O4S. The van der Waals surface area contributed by atoms with Crippen molar-refractivity contribution in [3.05, 3.63) is 12.4 Å². The minimum Gasteiger partial charge on any atom is -0.488 e. The average Bonchev–Trinajstić information content (AvgIpc) is 2.70. The summed E-state index contributed by atoms with van der Waals surface area (Å²) in [5.41, 5.74) is 0. The van der Waals surface area contributed by atoms with Gasteiger partial charge in [-0.25, -0.2) is 8.42 Å². The Morgan fingerprint density at radius 2 is 2.17 bits per heavy atom. The van der Waals surface area contributed by atoms with Crippen molar-refractivity contribution in [1.29, 1.82) is 0 Å². The van der Waals surface area contributed by atoms with Crippen LogP contribution in [-0.4, -0.2) is 43.8 Å². The Morgan fingerprint density at radius 3 is 2.83 bits per heavy atom. The van der Waals surface area contributed by atoms with Gasteiger partial charge >= 0.3 is 0 Å². The van der Waals surface area contributed by atoms with Crippen molar-refractivity contribution >= 4 is 19.7 Å². The topological polar surface area (TPSA) is 70.4 Å². The summed E-state index contributed by atoms with van der Waals surface area (Å²) in [7, 11) is 1.55. The van der Waals surface area contributed by atoms with Crippen molar-refractivity contribution in [2.75, 3.05) is 25.6 Å². The third-order valence-corrected chi connectivity index (χ3v) is 3.15. The number of ether oxygens (including phenoxy) is 2. The number of aryl methyl sites for hydroxylation is 1. The highest BCUT2D eigenvalue weighted by Gasteiger charge is 2.04. The van der Waals surface area contributed by atoms with Crippen LogP contribution >= 0.6 is 10.7 Å². The standard InChI is InChI=1S/C10H17ClN2O4S/c1-2-3-13-9-10(8-12-13)17-5-4-16-6-7-18(11,14)15/h8-9H,2-7H2,1H3. The molecule has 6 nitrogen and oxygen atoms in total. The lowest BCUT2D eigenvalue weighted by molar-refractivity contribution is 0.111. The van der Waals surface area contributed by atoms with E-state index in [2.05, 4.69) is 12.0 Å². The van der Waals surface area contributed by atoms with Crippen molar-refractivity contribution in [1.82, 2.24) is 9.78 Å². The molecule has 0 aliphatic carbocycles. The van der Waals surface area contributed by atoms with Crippen LogP contribution < -0.4 is 4.74 Å². The highest BCUT2D eigenvalue weighted by molar-refractivity contribution is 8.13. The van der Waals surface area contributed by atoms with Gasteiger partial charge in [0.1, 0.15) is 6.61 Å². The molecule has 8 heteroatoms. The summed E-state index contributed by atoms with van der Waals surface area (Å²) in [6.45, 7) is 3.66. The largest absolute Gasteiger partial charge is 0.488 e. The van der Waals surface area contributed by atoms with Crippen molar-refractivity contribution in [2.24, 2.45) is 0 Å². The minimum absolute atomic E-state index is 0.0737. The second kappa shape index (κ2) is 7.60. The Balaban J connectivity index is 2.10. The van der Waals surface area contributed by atoms with Gasteiger partial charge in [0.25, 0.3) is 0 Å². The second-order valence-electron chi connectivity index (χ2n) is 3.64. The number of halogens is 1. The summed E-state index contributed by atoms with van der Waals surface area (Å²) < 4.78 is 33.4. The zero-order chi connectivity index (χ0) is 13.4. The lowest BCUT2D eigenvalue weighted by Crippen LogP contribution is -2.11. The number of aromatic nitrogens is 2. The van der Waals surface area contributed by atoms with E-state index in [1.807, 2.05) is 6.20 Å². The Morgan fingerprint density at radius 1 is 1.39 bits per heavy atom. The fourth-order valence-electron chi connectivity index (χ4n) is 1.25. The molecule has 0 unspecified atom stereocenters. The van der Waals surface area contributed by atoms with Gasteiger partial charge in [0.15, 0.2) is 5.75 Å². The molecule has 0 saturated heterocycles. The van der Waals surface area contributed by atoms with E-state index in [0.29, 0.717) is 19.0 Å². The molecular weight excluding hydrogens is 280 g/mol. The monoisotopic (exact) mass is 296 g/mol. The van der Waals surface area contributed by atoms with Crippen molar-refractivity contribution < 1.29 is 17.9 Å². The van der Waals surface area contributed by atoms with Gasteiger partial charge in [0.05, 0.1) is 31.4 Å². The van der Waals surface area contributed by atoms with Gasteiger partial charge in [-0.15, -0.1) is 0 Å². The normalized spacial score (nSPS) is 11.7. The van der Waals surface area contributed by atoms with Crippen LogP contribution in [0.3, 0.4) is 0 Å². The van der Waals surface area contributed by atoms with Gasteiger partial charge in [-0.2, -0.15) is 5.10 Å². The molecule has 0 spiro atoms. The van der Waals surface area contributed by atoms with Crippen LogP contribution in [0.4, 0.5) is 0 Å². The summed E-state index contributed by atoms with van der Waals surface area (Å²) in [6, 6.07) is 0. The Kier molecular flexibility index (Phi) is 6.45. The first kappa shape index (κ1) is 15.3. The van der Waals surface area contributed by atoms with E-state index in [1.165, 1.54) is 0 Å². The molecule has 0 aromatic carbocycles. The van der Waals surface area contributed by atoms with E-state index in [1.54, 1.807) is 10.9 Å². The van der Waals surface area contributed by atoms with Crippen LogP contribution in [0.25, 0.3) is 0 Å². The SMILES string of the molecule is CCCn1cc(OCCOCCS(=O)(=O)Cl)cn1. The van der Waals surface area contributed by atoms with Crippen LogP contribution in [0.2, 0.25) is 0 Å². The van der Waals surface area contributed by atoms with Gasteiger partial charge in [-0.05, 0) is 6.42 Å². The van der Waals surface area contributed by atoms with E-state index >= 15 is 0 Å². The quantitative estimate of drug-likeness (QED) is 0.507. The number of nitrogens with zero attached hydrogens (tertiary/aromatic N) is 2. The number of hydrogen-bond acceptors (Lipinski definition) is 5. The highest BCUT2D eigenvalue weighted by Crippen LogP contribution is 2.08. The highest BCUT2D eigenvalue weighted by atomic mass is 35.7. The van der Waals surface area contributed by atoms with Crippen LogP contribution in [0.5, 0.6) is 5.75 Å². The zero-order valence-electron chi connectivity index (χ0n) is 10.2. The third kappa shape index (κ3) is 6.83. The van der Waals surface area contributed by atoms with Crippen LogP contribution in [0, 0.1) is 0 Å². The first-order valence-electron chi connectivity index (χ1n) is 5.66. The Bertz CT molecular complexity index is 446. The molecule has 0 fully saturated rings. The molecule has 104 valence electrons. The zero-order valence-corrected chi connectivity index (χ0v) is 11.8. The smallest absolute Gasteiger partial charge is 0.234 e. The molecule has 0 N–H and O–H groups in total. The van der Waals surface area contributed by atoms with Gasteiger partial charge in [0.2, 0.25) is 9.05 Å². The molecule has 0 aliphatic rings. The number of hydrogen-bond donors (Lipinski definition) is 0. The fourth-order valence-corrected chi connectivity index (χ4v) is 1.76. The summed E-state index contributed by atoms with van der Waals surface area (Å²) in [5, 5.41) is 4.11. The van der Waals surface area contributed by atoms with Crippen molar-refractivity contribution in [3.63, 3.8) is 0 Å². The first-order valence-corrected chi connectivity index (χ1v) is 8.14. The van der Waals surface area contributed by atoms with Crippen molar-refractivity contribution in [2.45, 2.75) is 19.9 Å². The van der Waals surface area contributed by atoms with E-state index in [4.69, 9.17) is 20.2 Å². The van der Waals surface area contributed by atoms with Crippen LogP contribution in [0.15, 0.2) is 12.4 Å². The molecule has 0 amide bonds. The molecule has 0 radical (unpaired) electrons. The molecule has 0 saturated carbocycles. The number of rotatable bonds is 9. The maximum absolute atomic E-state index is 10.6. The maximum atomic E-state index is 10.6. The summed E-state index contributed by atoms with van der Waals surface area (Å²) in [6.07, 6.45) is 4.46. The van der Waals surface area contributed by atoms with Gasteiger partial charge in [-0.3, -0.25) is 4.68 Å². The van der Waals surface area contributed by atoms with Crippen molar-refractivity contribution in [3.8, 4) is 5.75 Å². The summed E-state index contributed by atoms with van der Waals surface area (Å²) in [5.74, 6) is 0.486. The average molecular weight is 297 g/mol. The van der Waals surface area contributed by atoms with Gasteiger partial charge in [0, 0.05) is 17.2 Å². The predicted molar refractivity (Wildman–Crippen MR) is 68.5 cm³/mol. The fraction of sp³-hybridized carbons (Fsp3) is 0.700. The molecule has 1 rings (SSSR count). The second-order valence-corrected chi connectivity index (χ2v) is 6.54. The molecule has 1 heterocycles. The van der Waals surface area contributed by atoms with E-state index < -0.39 is 9.05 Å². The summed E-state index contributed by atoms with van der Waals surface area (Å²) in [4.78, 5) is 0. The van der Waals surface area contributed by atoms with E-state index in [-0.39, 0.29) is 12.4 Å². The van der Waals surface area contributed by atoms with Gasteiger partial charge < -0.3 is 9.47 Å². The Labute approximate surface area is 111 Å². The lowest BCUT2D eigenvalue weighted by Gasteiger charge is -2.04. The maximum Gasteiger partial charge on any atom is 0.234 e. The van der Waals surface area contributed by atoms with Gasteiger partial charge in [-0.1, -0.05) is 6.92 Å². The first-order chi connectivity index (χ1) is 8.51. The summed E-state index contributed by atoms with van der Waals surface area (Å²) >= 11 is 0. The van der Waals surface area contributed by atoms with Crippen LogP contribution in [-0.2, 0) is 20.3 Å². The predicted octanol–water partition coefficient (Wildman–Crippen LogP) is 1.26. The third-order valence-electron chi connectivity index (χ3n) is 2.03. The minimum atomic E-state index is -3.47. The van der Waals surface area contributed by atoms with E-state index in [0.717, 1.165) is 13.0 Å². The molecule has 1 aromatic rings.